The van der Waals surface area contributed by atoms with Gasteiger partial charge < -0.3 is 18.9 Å². The first-order valence-corrected chi connectivity index (χ1v) is 16.3. The molecular formula is C32H26F2N6O5S2. The molecule has 0 amide bonds. The van der Waals surface area contributed by atoms with Crippen molar-refractivity contribution in [2.75, 3.05) is 19.1 Å². The van der Waals surface area contributed by atoms with Crippen LogP contribution in [-0.2, 0) is 11.3 Å². The largest absolute Gasteiger partial charge is 0.460 e. The molecule has 2 aromatic carbocycles. The number of ether oxygens (including phenoxy) is 1. The van der Waals surface area contributed by atoms with E-state index in [0.29, 0.717) is 61.1 Å². The summed E-state index contributed by atoms with van der Waals surface area (Å²) in [5.74, 6) is -1.08. The normalized spacial score (nSPS) is 10.8. The second-order valence-corrected chi connectivity index (χ2v) is 10.9. The van der Waals surface area contributed by atoms with E-state index in [-0.39, 0.29) is 30.6 Å². The quantitative estimate of drug-likeness (QED) is 0.0953. The predicted octanol–water partition coefficient (Wildman–Crippen LogP) is 6.99. The van der Waals surface area contributed by atoms with Crippen LogP contribution in [0.3, 0.4) is 0 Å². The van der Waals surface area contributed by atoms with Crippen molar-refractivity contribution in [3.05, 3.63) is 96.2 Å². The maximum absolute atomic E-state index is 13.2. The van der Waals surface area contributed by atoms with E-state index in [1.807, 2.05) is 12.5 Å². The van der Waals surface area contributed by atoms with Crippen LogP contribution in [0.4, 0.5) is 8.78 Å². The van der Waals surface area contributed by atoms with Gasteiger partial charge in [-0.2, -0.15) is 0 Å². The Morgan fingerprint density at radius 2 is 1.26 bits per heavy atom. The molecule has 4 aromatic heterocycles. The van der Waals surface area contributed by atoms with Gasteiger partial charge in [0.25, 0.3) is 5.76 Å². The molecule has 0 radical (unpaired) electrons. The molecular weight excluding hydrogens is 651 g/mol. The van der Waals surface area contributed by atoms with E-state index in [4.69, 9.17) is 13.8 Å². The molecule has 6 aromatic rings. The van der Waals surface area contributed by atoms with Crippen molar-refractivity contribution in [2.24, 2.45) is 0 Å². The summed E-state index contributed by atoms with van der Waals surface area (Å²) in [6.07, 6.45) is 6.95. The van der Waals surface area contributed by atoms with Crippen molar-refractivity contribution < 1.29 is 32.5 Å². The second-order valence-electron chi connectivity index (χ2n) is 9.31. The van der Waals surface area contributed by atoms with Gasteiger partial charge in [-0.15, -0.1) is 0 Å². The molecule has 6 rings (SSSR count). The molecule has 11 nitrogen and oxygen atoms in total. The van der Waals surface area contributed by atoms with E-state index in [9.17, 15) is 18.7 Å². The lowest BCUT2D eigenvalue weighted by molar-refractivity contribution is 0.0481. The van der Waals surface area contributed by atoms with Gasteiger partial charge in [0.1, 0.15) is 29.6 Å². The summed E-state index contributed by atoms with van der Waals surface area (Å²) in [7, 11) is 0. The Labute approximate surface area is 275 Å². The number of benzene rings is 2. The van der Waals surface area contributed by atoms with Gasteiger partial charge >= 0.3 is 5.97 Å². The van der Waals surface area contributed by atoms with Crippen LogP contribution in [0, 0.1) is 11.6 Å². The molecule has 240 valence electrons. The highest BCUT2D eigenvalue weighted by Gasteiger charge is 2.27. The molecule has 0 saturated heterocycles. The number of esters is 1. The molecule has 0 bridgehead atoms. The molecule has 15 heteroatoms. The van der Waals surface area contributed by atoms with Gasteiger partial charge in [0.05, 0.1) is 29.1 Å². The zero-order valence-electron chi connectivity index (χ0n) is 25.2. The number of halogens is 2. The van der Waals surface area contributed by atoms with Crippen molar-refractivity contribution in [1.82, 2.24) is 30.2 Å². The van der Waals surface area contributed by atoms with Gasteiger partial charge in [0.2, 0.25) is 0 Å². The summed E-state index contributed by atoms with van der Waals surface area (Å²) in [4.78, 5) is 29.3. The van der Waals surface area contributed by atoms with E-state index in [2.05, 4.69) is 30.2 Å². The fraction of sp³-hybridized carbons (Fsp3) is 0.156. The third-order valence-electron chi connectivity index (χ3n) is 6.44. The Hall–Kier alpha value is -4.99. The zero-order chi connectivity index (χ0) is 33.3. The van der Waals surface area contributed by atoms with E-state index in [1.54, 1.807) is 55.7 Å². The molecule has 0 fully saturated rings. The third-order valence-corrected chi connectivity index (χ3v) is 7.56. The number of thioether (sulfide) groups is 2. The number of carbonyl (C=O) groups excluding carboxylic acids is 1. The zero-order valence-corrected chi connectivity index (χ0v) is 26.8. The Balaban J connectivity index is 0.000000186. The summed E-state index contributed by atoms with van der Waals surface area (Å²) in [6, 6.07) is 15.0. The summed E-state index contributed by atoms with van der Waals surface area (Å²) < 4.78 is 41.8. The van der Waals surface area contributed by atoms with Crippen molar-refractivity contribution >= 4 is 29.5 Å². The van der Waals surface area contributed by atoms with Crippen LogP contribution >= 0.6 is 23.5 Å². The first kappa shape index (κ1) is 33.4. The van der Waals surface area contributed by atoms with Gasteiger partial charge in [0, 0.05) is 23.5 Å². The lowest BCUT2D eigenvalue weighted by atomic mass is 10.0. The highest BCUT2D eigenvalue weighted by molar-refractivity contribution is 7.98. The molecule has 0 aliphatic rings. The van der Waals surface area contributed by atoms with Gasteiger partial charge in [-0.25, -0.2) is 33.5 Å². The monoisotopic (exact) mass is 676 g/mol. The van der Waals surface area contributed by atoms with Crippen molar-refractivity contribution in [3.63, 3.8) is 0 Å². The Bertz CT molecular complexity index is 1970. The van der Waals surface area contributed by atoms with Crippen molar-refractivity contribution in [1.29, 1.82) is 0 Å². The van der Waals surface area contributed by atoms with E-state index >= 15 is 0 Å². The number of carbonyl (C=O) groups is 1. The average Bonchev–Trinajstić information content (AvgIpc) is 3.75. The third kappa shape index (κ3) is 7.70. The predicted molar refractivity (Wildman–Crippen MR) is 171 cm³/mol. The highest BCUT2D eigenvalue weighted by Crippen LogP contribution is 2.35. The number of rotatable bonds is 9. The molecule has 0 unspecified atom stereocenters. The minimum atomic E-state index is -0.636. The number of hydrogen-bond donors (Lipinski definition) is 1. The van der Waals surface area contributed by atoms with E-state index in [1.165, 1.54) is 47.8 Å². The minimum absolute atomic E-state index is 0.0491. The first-order chi connectivity index (χ1) is 22.9. The molecule has 0 spiro atoms. The topological polar surface area (TPSA) is 150 Å². The number of hydrogen-bond acceptors (Lipinski definition) is 13. The first-order valence-electron chi connectivity index (χ1n) is 13.9. The summed E-state index contributed by atoms with van der Waals surface area (Å²) in [5.41, 5.74) is 4.23. The van der Waals surface area contributed by atoms with Gasteiger partial charge in [0.15, 0.2) is 16.1 Å². The molecule has 4 heterocycles. The number of aliphatic hydroxyl groups is 1. The smallest absolute Gasteiger partial charge is 0.377 e. The molecule has 0 aliphatic heterocycles. The average molecular weight is 677 g/mol. The maximum Gasteiger partial charge on any atom is 0.377 e. The van der Waals surface area contributed by atoms with Crippen LogP contribution in [-0.4, -0.2) is 60.4 Å². The number of aliphatic hydroxyl groups excluding tert-OH is 1. The minimum Gasteiger partial charge on any atom is -0.460 e. The maximum atomic E-state index is 13.2. The summed E-state index contributed by atoms with van der Waals surface area (Å²) >= 11 is 2.78. The van der Waals surface area contributed by atoms with E-state index < -0.39 is 5.97 Å². The van der Waals surface area contributed by atoms with Crippen LogP contribution in [0.1, 0.15) is 23.2 Å². The van der Waals surface area contributed by atoms with Crippen LogP contribution < -0.4 is 0 Å². The molecule has 0 saturated carbocycles. The second kappa shape index (κ2) is 15.5. The van der Waals surface area contributed by atoms with Crippen LogP contribution in [0.5, 0.6) is 0 Å². The fourth-order valence-electron chi connectivity index (χ4n) is 4.33. The summed E-state index contributed by atoms with van der Waals surface area (Å²) in [5, 5.41) is 18.6. The molecule has 0 atom stereocenters. The van der Waals surface area contributed by atoms with Crippen LogP contribution in [0.15, 0.2) is 92.4 Å². The number of nitrogens with zero attached hydrogens (tertiary/aromatic N) is 6. The Morgan fingerprint density at radius 1 is 0.766 bits per heavy atom. The Kier molecular flexibility index (Phi) is 11.0. The summed E-state index contributed by atoms with van der Waals surface area (Å²) in [6.45, 7) is 1.60. The van der Waals surface area contributed by atoms with Gasteiger partial charge in [-0.1, -0.05) is 33.8 Å². The van der Waals surface area contributed by atoms with Crippen molar-refractivity contribution in [2.45, 2.75) is 23.8 Å². The lowest BCUT2D eigenvalue weighted by Gasteiger charge is -2.05. The van der Waals surface area contributed by atoms with Gasteiger partial charge in [-0.05, 0) is 80.1 Å². The van der Waals surface area contributed by atoms with Crippen LogP contribution in [0.2, 0.25) is 0 Å². The molecule has 47 heavy (non-hydrogen) atoms. The number of aromatic nitrogens is 6. The van der Waals surface area contributed by atoms with E-state index in [0.717, 1.165) is 0 Å². The molecule has 0 aliphatic carbocycles. The fourth-order valence-corrected chi connectivity index (χ4v) is 5.04. The molecule has 1 N–H and O–H groups in total. The SMILES string of the molecule is CCOC(=O)c1onc(-c2ccc(F)cc2)c1-c1ccnc(SC)n1.CSc1nccc(-c2c(-c3ccc(F)cc3)noc2CO)n1. The highest BCUT2D eigenvalue weighted by atomic mass is 32.2. The van der Waals surface area contributed by atoms with Crippen LogP contribution in [0.25, 0.3) is 45.0 Å². The Morgan fingerprint density at radius 3 is 1.74 bits per heavy atom. The van der Waals surface area contributed by atoms with Gasteiger partial charge in [-0.3, -0.25) is 0 Å². The van der Waals surface area contributed by atoms with Crippen molar-refractivity contribution in [3.8, 4) is 45.0 Å². The standard InChI is InChI=1S/C17H14FN3O3S.C15H12FN3O2S/c1-3-23-16(22)15-13(12-8-9-19-17(20-12)25-2)14(21-24-15)10-4-6-11(18)7-5-10;1-22-15-17-7-6-11(18-15)13-12(8-20)21-19-14(13)9-2-4-10(16)5-3-9/h4-9H,3H2,1-2H3;2-7,20H,8H2,1H3. The lowest BCUT2D eigenvalue weighted by Crippen LogP contribution is -2.05.